The van der Waals surface area contributed by atoms with Gasteiger partial charge in [-0.15, -0.1) is 0 Å². The minimum absolute atomic E-state index is 0.0215. The molecule has 3 amide bonds. The summed E-state index contributed by atoms with van der Waals surface area (Å²) in [5, 5.41) is 5.87. The van der Waals surface area contributed by atoms with Gasteiger partial charge >= 0.3 is 0 Å². The van der Waals surface area contributed by atoms with Crippen LogP contribution in [0.4, 0.5) is 5.69 Å². The molecule has 188 valence electrons. The summed E-state index contributed by atoms with van der Waals surface area (Å²) in [6.45, 7) is 3.73. The average molecular weight is 490 g/mol. The smallest absolute Gasteiger partial charge is 0.242 e. The third kappa shape index (κ3) is 7.93. The molecule has 2 N–H and O–H groups in total. The molecular weight excluding hydrogens is 450 g/mol. The zero-order chi connectivity index (χ0) is 24.5. The highest BCUT2D eigenvalue weighted by Gasteiger charge is 2.34. The molecule has 0 bridgehead atoms. The lowest BCUT2D eigenvalue weighted by molar-refractivity contribution is -0.141. The van der Waals surface area contributed by atoms with Crippen LogP contribution in [0.3, 0.4) is 0 Å². The summed E-state index contributed by atoms with van der Waals surface area (Å²) in [5.74, 6) is -1.32. The lowest BCUT2D eigenvalue weighted by atomic mass is 9.92. The van der Waals surface area contributed by atoms with Crippen molar-refractivity contribution in [3.8, 4) is 0 Å². The third-order valence-electron chi connectivity index (χ3n) is 6.92. The summed E-state index contributed by atoms with van der Waals surface area (Å²) in [4.78, 5) is 40.3. The van der Waals surface area contributed by atoms with Crippen LogP contribution in [0.2, 0.25) is 0 Å². The van der Waals surface area contributed by atoms with E-state index in [1.54, 1.807) is 24.0 Å². The molecule has 2 fully saturated rings. The lowest BCUT2D eigenvalue weighted by Gasteiger charge is -2.38. The molecule has 8 heteroatoms. The van der Waals surface area contributed by atoms with E-state index in [1.807, 2.05) is 19.1 Å². The van der Waals surface area contributed by atoms with Gasteiger partial charge in [0.15, 0.2) is 0 Å². The summed E-state index contributed by atoms with van der Waals surface area (Å²) in [5.41, 5.74) is 1.72. The van der Waals surface area contributed by atoms with Crippen molar-refractivity contribution in [3.05, 3.63) is 29.8 Å². The highest BCUT2D eigenvalue weighted by molar-refractivity contribution is 7.86. The molecule has 0 heterocycles. The molecule has 0 spiro atoms. The molecule has 2 aliphatic carbocycles. The van der Waals surface area contributed by atoms with E-state index in [9.17, 15) is 18.6 Å². The molecule has 2 aliphatic rings. The van der Waals surface area contributed by atoms with Gasteiger partial charge in [-0.25, -0.2) is 0 Å². The Morgan fingerprint density at radius 2 is 1.53 bits per heavy atom. The largest absolute Gasteiger partial charge is 0.352 e. The zero-order valence-corrected chi connectivity index (χ0v) is 21.3. The Bertz CT molecular complexity index is 861. The van der Waals surface area contributed by atoms with E-state index in [0.29, 0.717) is 5.69 Å². The number of amides is 3. The van der Waals surface area contributed by atoms with E-state index in [1.165, 1.54) is 6.42 Å². The van der Waals surface area contributed by atoms with Crippen LogP contribution in [-0.2, 0) is 25.2 Å². The molecule has 34 heavy (non-hydrogen) atoms. The predicted molar refractivity (Wildman–Crippen MR) is 136 cm³/mol. The Labute approximate surface area is 205 Å². The molecule has 3 rings (SSSR count). The van der Waals surface area contributed by atoms with Gasteiger partial charge < -0.3 is 15.5 Å². The van der Waals surface area contributed by atoms with Crippen molar-refractivity contribution < 1.29 is 18.6 Å². The van der Waals surface area contributed by atoms with Gasteiger partial charge in [0, 0.05) is 28.6 Å². The summed E-state index contributed by atoms with van der Waals surface area (Å²) in [7, 11) is -1.65. The number of nitrogens with one attached hydrogen (secondary N) is 2. The Kier molecular flexibility index (Phi) is 10.1. The molecule has 2 saturated carbocycles. The Hall–Kier alpha value is -2.22. The second-order valence-corrected chi connectivity index (χ2v) is 11.2. The normalized spacial score (nSPS) is 19.1. The van der Waals surface area contributed by atoms with Crippen molar-refractivity contribution in [1.82, 2.24) is 10.2 Å². The molecule has 0 radical (unpaired) electrons. The van der Waals surface area contributed by atoms with E-state index in [0.717, 1.165) is 63.4 Å². The number of rotatable bonds is 9. The van der Waals surface area contributed by atoms with E-state index in [2.05, 4.69) is 10.6 Å². The summed E-state index contributed by atoms with van der Waals surface area (Å²) < 4.78 is 12.7. The number of carbonyl (C=O) groups excluding carboxylic acids is 3. The van der Waals surface area contributed by atoms with Gasteiger partial charge in [0.05, 0.1) is 0 Å². The number of carbonyl (C=O) groups is 3. The van der Waals surface area contributed by atoms with Crippen LogP contribution in [0.5, 0.6) is 0 Å². The van der Waals surface area contributed by atoms with Gasteiger partial charge in [-0.2, -0.15) is 0 Å². The second kappa shape index (κ2) is 13.0. The van der Waals surface area contributed by atoms with E-state index >= 15 is 0 Å². The lowest BCUT2D eigenvalue weighted by Crippen LogP contribution is -2.55. The number of hydrogen-bond donors (Lipinski definition) is 2. The first-order valence-electron chi connectivity index (χ1n) is 12.7. The van der Waals surface area contributed by atoms with Crippen molar-refractivity contribution in [2.24, 2.45) is 0 Å². The van der Waals surface area contributed by atoms with Crippen molar-refractivity contribution >= 4 is 34.2 Å². The van der Waals surface area contributed by atoms with Gasteiger partial charge in [0.2, 0.25) is 17.7 Å². The van der Waals surface area contributed by atoms with Crippen molar-refractivity contribution in [2.45, 2.75) is 96.2 Å². The Morgan fingerprint density at radius 3 is 2.15 bits per heavy atom. The number of nitrogens with zero attached hydrogens (tertiary/aromatic N) is 1. The average Bonchev–Trinajstić information content (AvgIpc) is 2.81. The fraction of sp³-hybridized carbons (Fsp3) is 0.654. The standard InChI is InChI=1S/C26H39N3O4S/c1-19-13-15-22(16-14-19)27-24(30)17-34(33)18-25(31)29(23-11-7-4-8-12-23)20(2)26(32)28-21-9-5-3-6-10-21/h13-16,20-21,23H,3-12,17-18H2,1-2H3,(H,27,30)(H,28,32)/t20-,34+/m1/s1. The number of aryl methyl sites for hydroxylation is 1. The first kappa shape index (κ1) is 26.4. The Morgan fingerprint density at radius 1 is 0.941 bits per heavy atom. The fourth-order valence-electron chi connectivity index (χ4n) is 5.03. The maximum Gasteiger partial charge on any atom is 0.242 e. The SMILES string of the molecule is Cc1ccc(NC(=O)C[S@](=O)CC(=O)N(C2CCCCC2)[C@H](C)C(=O)NC2CCCCC2)cc1. The van der Waals surface area contributed by atoms with Crippen molar-refractivity contribution in [2.75, 3.05) is 16.8 Å². The van der Waals surface area contributed by atoms with Crippen LogP contribution in [0.1, 0.15) is 76.7 Å². The maximum atomic E-state index is 13.3. The van der Waals surface area contributed by atoms with Gasteiger partial charge in [0.1, 0.15) is 17.5 Å². The zero-order valence-electron chi connectivity index (χ0n) is 20.5. The molecule has 0 aliphatic heterocycles. The summed E-state index contributed by atoms with van der Waals surface area (Å²) in [6, 6.07) is 6.89. The van der Waals surface area contributed by atoms with Gasteiger partial charge in [-0.3, -0.25) is 18.6 Å². The molecule has 0 saturated heterocycles. The summed E-state index contributed by atoms with van der Waals surface area (Å²) in [6.07, 6.45) is 10.3. The van der Waals surface area contributed by atoms with E-state index in [-0.39, 0.29) is 41.3 Å². The van der Waals surface area contributed by atoms with E-state index in [4.69, 9.17) is 0 Å². The topological polar surface area (TPSA) is 95.6 Å². The maximum absolute atomic E-state index is 13.3. The van der Waals surface area contributed by atoms with Crippen LogP contribution in [0.25, 0.3) is 0 Å². The number of benzene rings is 1. The van der Waals surface area contributed by atoms with Gasteiger partial charge in [0.25, 0.3) is 0 Å². The third-order valence-corrected chi connectivity index (χ3v) is 8.07. The predicted octanol–water partition coefficient (Wildman–Crippen LogP) is 3.68. The van der Waals surface area contributed by atoms with Crippen molar-refractivity contribution in [1.29, 1.82) is 0 Å². The molecule has 2 atom stereocenters. The fourth-order valence-corrected chi connectivity index (χ4v) is 5.92. The van der Waals surface area contributed by atoms with Gasteiger partial charge in [-0.1, -0.05) is 56.2 Å². The molecule has 0 aromatic heterocycles. The van der Waals surface area contributed by atoms with Crippen LogP contribution in [-0.4, -0.2) is 56.5 Å². The van der Waals surface area contributed by atoms with Crippen LogP contribution < -0.4 is 10.6 Å². The van der Waals surface area contributed by atoms with Crippen LogP contribution in [0.15, 0.2) is 24.3 Å². The molecular formula is C26H39N3O4S. The first-order chi connectivity index (χ1) is 16.3. The number of anilines is 1. The minimum atomic E-state index is -1.65. The van der Waals surface area contributed by atoms with Crippen LogP contribution in [0, 0.1) is 6.92 Å². The quantitative estimate of drug-likeness (QED) is 0.553. The molecule has 1 aromatic rings. The summed E-state index contributed by atoms with van der Waals surface area (Å²) >= 11 is 0. The molecule has 1 aromatic carbocycles. The number of hydrogen-bond acceptors (Lipinski definition) is 4. The monoisotopic (exact) mass is 489 g/mol. The highest BCUT2D eigenvalue weighted by atomic mass is 32.2. The first-order valence-corrected chi connectivity index (χ1v) is 14.2. The Balaban J connectivity index is 1.59. The minimum Gasteiger partial charge on any atom is -0.352 e. The van der Waals surface area contributed by atoms with Crippen LogP contribution >= 0.6 is 0 Å². The van der Waals surface area contributed by atoms with E-state index < -0.39 is 16.8 Å². The molecule has 0 unspecified atom stereocenters. The van der Waals surface area contributed by atoms with Gasteiger partial charge in [-0.05, 0) is 51.7 Å². The highest BCUT2D eigenvalue weighted by Crippen LogP contribution is 2.25. The van der Waals surface area contributed by atoms with Crippen molar-refractivity contribution in [3.63, 3.8) is 0 Å². The molecule has 7 nitrogen and oxygen atoms in total. The second-order valence-electron chi connectivity index (χ2n) is 9.76.